The highest BCUT2D eigenvalue weighted by molar-refractivity contribution is 6.28. The van der Waals surface area contributed by atoms with Gasteiger partial charge in [-0.3, -0.25) is 0 Å². The van der Waals surface area contributed by atoms with Crippen molar-refractivity contribution in [2.75, 3.05) is 0 Å². The number of fused-ring (bicyclic) bond motifs is 7. The van der Waals surface area contributed by atoms with Crippen molar-refractivity contribution >= 4 is 43.7 Å². The highest BCUT2D eigenvalue weighted by Gasteiger charge is 2.23. The van der Waals surface area contributed by atoms with Gasteiger partial charge >= 0.3 is 0 Å². The summed E-state index contributed by atoms with van der Waals surface area (Å²) in [4.78, 5) is 15.7. The molecule has 0 aliphatic rings. The maximum absolute atomic E-state index is 6.74. The van der Waals surface area contributed by atoms with Crippen LogP contribution in [0, 0.1) is 0 Å². The number of furan rings is 1. The number of nitrogens with zero attached hydrogens (tertiary/aromatic N) is 4. The van der Waals surface area contributed by atoms with Gasteiger partial charge in [-0.25, -0.2) is 15.0 Å². The predicted octanol–water partition coefficient (Wildman–Crippen LogP) is 14.9. The standard InChI is InChI=1S/C57H36N4O/c1-4-15-37(16-5-1)39-27-31-42(32-28-39)55-58-56(43-33-29-40(30-34-43)38-17-6-2-7-18-38)60-57(59-55)46-22-11-13-26-49(46)61-48-25-12-10-21-45(48)52-50(61)35-36-51-53(52)47-24-14-23-44(54(47)62-51)41-19-8-3-9-20-41/h1-36H. The molecule has 62 heavy (non-hydrogen) atoms. The monoisotopic (exact) mass is 792 g/mol. The van der Waals surface area contributed by atoms with Gasteiger partial charge in [-0.2, -0.15) is 0 Å². The minimum absolute atomic E-state index is 0.591. The zero-order valence-electron chi connectivity index (χ0n) is 33.5. The Bertz CT molecular complexity index is 3490. The molecule has 5 nitrogen and oxygen atoms in total. The first-order valence-corrected chi connectivity index (χ1v) is 20.9. The van der Waals surface area contributed by atoms with Gasteiger partial charge in [-0.15, -0.1) is 0 Å². The summed E-state index contributed by atoms with van der Waals surface area (Å²) in [5, 5.41) is 4.48. The molecule has 0 aliphatic carbocycles. The van der Waals surface area contributed by atoms with Crippen LogP contribution in [0.1, 0.15) is 0 Å². The average Bonchev–Trinajstić information content (AvgIpc) is 3.91. The molecule has 3 heterocycles. The number of para-hydroxylation sites is 3. The van der Waals surface area contributed by atoms with Crippen LogP contribution in [0.15, 0.2) is 223 Å². The Kier molecular flexibility index (Phi) is 8.42. The third-order valence-electron chi connectivity index (χ3n) is 11.9. The first-order valence-electron chi connectivity index (χ1n) is 20.9. The van der Waals surface area contributed by atoms with Crippen LogP contribution in [0.25, 0.3) is 117 Å². The van der Waals surface area contributed by atoms with Crippen LogP contribution in [0.5, 0.6) is 0 Å². The third kappa shape index (κ3) is 5.98. The molecule has 9 aromatic carbocycles. The zero-order chi connectivity index (χ0) is 41.0. The minimum Gasteiger partial charge on any atom is -0.455 e. The summed E-state index contributed by atoms with van der Waals surface area (Å²) in [6, 6.07) is 76.1. The Morgan fingerprint density at radius 1 is 0.306 bits per heavy atom. The fraction of sp³-hybridized carbons (Fsp3) is 0. The van der Waals surface area contributed by atoms with E-state index in [1.165, 1.54) is 0 Å². The van der Waals surface area contributed by atoms with E-state index in [2.05, 4.69) is 205 Å². The van der Waals surface area contributed by atoms with E-state index in [4.69, 9.17) is 19.4 Å². The number of aromatic nitrogens is 4. The quantitative estimate of drug-likeness (QED) is 0.161. The van der Waals surface area contributed by atoms with E-state index in [1.807, 2.05) is 18.2 Å². The molecule has 0 unspecified atom stereocenters. The molecule has 0 N–H and O–H groups in total. The van der Waals surface area contributed by atoms with E-state index >= 15 is 0 Å². The fourth-order valence-electron chi connectivity index (χ4n) is 8.95. The highest BCUT2D eigenvalue weighted by atomic mass is 16.3. The van der Waals surface area contributed by atoms with Crippen LogP contribution in [-0.2, 0) is 0 Å². The fourth-order valence-corrected chi connectivity index (χ4v) is 8.95. The Morgan fingerprint density at radius 2 is 0.790 bits per heavy atom. The van der Waals surface area contributed by atoms with Gasteiger partial charge in [-0.1, -0.05) is 188 Å². The van der Waals surface area contributed by atoms with Gasteiger partial charge in [0, 0.05) is 43.8 Å². The molecule has 0 saturated heterocycles. The highest BCUT2D eigenvalue weighted by Crippen LogP contribution is 2.44. The topological polar surface area (TPSA) is 56.7 Å². The van der Waals surface area contributed by atoms with Crippen molar-refractivity contribution in [3.05, 3.63) is 218 Å². The number of hydrogen-bond acceptors (Lipinski definition) is 4. The van der Waals surface area contributed by atoms with Crippen LogP contribution in [0.3, 0.4) is 0 Å². The molecule has 0 atom stereocenters. The molecule has 0 radical (unpaired) electrons. The second-order valence-electron chi connectivity index (χ2n) is 15.5. The Balaban J connectivity index is 1.06. The minimum atomic E-state index is 0.591. The van der Waals surface area contributed by atoms with Crippen LogP contribution >= 0.6 is 0 Å². The summed E-state index contributed by atoms with van der Waals surface area (Å²) in [5.41, 5.74) is 14.4. The first kappa shape index (κ1) is 35.5. The van der Waals surface area contributed by atoms with Gasteiger partial charge in [0.15, 0.2) is 17.5 Å². The molecule has 0 bridgehead atoms. The summed E-state index contributed by atoms with van der Waals surface area (Å²) in [7, 11) is 0. The molecular weight excluding hydrogens is 757 g/mol. The summed E-state index contributed by atoms with van der Waals surface area (Å²) >= 11 is 0. The number of benzene rings is 9. The van der Waals surface area contributed by atoms with Crippen molar-refractivity contribution < 1.29 is 4.42 Å². The van der Waals surface area contributed by atoms with Crippen LogP contribution in [0.4, 0.5) is 0 Å². The molecule has 0 amide bonds. The van der Waals surface area contributed by atoms with Gasteiger partial charge in [0.25, 0.3) is 0 Å². The van der Waals surface area contributed by atoms with Gasteiger partial charge in [0.2, 0.25) is 0 Å². The van der Waals surface area contributed by atoms with E-state index in [0.29, 0.717) is 17.5 Å². The van der Waals surface area contributed by atoms with Crippen LogP contribution in [-0.4, -0.2) is 19.5 Å². The number of rotatable bonds is 7. The zero-order valence-corrected chi connectivity index (χ0v) is 33.5. The lowest BCUT2D eigenvalue weighted by atomic mass is 10.0. The van der Waals surface area contributed by atoms with Gasteiger partial charge in [0.1, 0.15) is 11.2 Å². The second-order valence-corrected chi connectivity index (χ2v) is 15.5. The van der Waals surface area contributed by atoms with Crippen molar-refractivity contribution in [2.24, 2.45) is 0 Å². The maximum atomic E-state index is 6.74. The van der Waals surface area contributed by atoms with Crippen molar-refractivity contribution in [3.63, 3.8) is 0 Å². The molecule has 0 fully saturated rings. The SMILES string of the molecule is c1ccc(-c2ccc(-c3nc(-c4ccc(-c5ccccc5)cc4)nc(-c4ccccc4-n4c5ccccc5c5c6c(ccc54)oc4c(-c5ccccc5)cccc46)n3)cc2)cc1. The normalized spacial score (nSPS) is 11.5. The molecule has 3 aromatic heterocycles. The van der Waals surface area contributed by atoms with Crippen molar-refractivity contribution in [3.8, 4) is 73.2 Å². The second kappa shape index (κ2) is 14.7. The Labute approximate surface area is 357 Å². The van der Waals surface area contributed by atoms with E-state index < -0.39 is 0 Å². The van der Waals surface area contributed by atoms with E-state index in [0.717, 1.165) is 99.5 Å². The van der Waals surface area contributed by atoms with E-state index in [9.17, 15) is 0 Å². The van der Waals surface area contributed by atoms with Crippen molar-refractivity contribution in [2.45, 2.75) is 0 Å². The molecule has 12 rings (SSSR count). The Morgan fingerprint density at radius 3 is 1.44 bits per heavy atom. The number of hydrogen-bond donors (Lipinski definition) is 0. The smallest absolute Gasteiger partial charge is 0.166 e. The lowest BCUT2D eigenvalue weighted by Crippen LogP contribution is -2.03. The van der Waals surface area contributed by atoms with Crippen molar-refractivity contribution in [1.29, 1.82) is 0 Å². The van der Waals surface area contributed by atoms with E-state index in [-0.39, 0.29) is 0 Å². The molecule has 12 aromatic rings. The maximum Gasteiger partial charge on any atom is 0.166 e. The molecule has 0 spiro atoms. The van der Waals surface area contributed by atoms with Gasteiger partial charge < -0.3 is 8.98 Å². The van der Waals surface area contributed by atoms with Crippen molar-refractivity contribution in [1.82, 2.24) is 19.5 Å². The molecule has 0 aliphatic heterocycles. The van der Waals surface area contributed by atoms with Crippen LogP contribution < -0.4 is 0 Å². The summed E-state index contributed by atoms with van der Waals surface area (Å²) in [6.45, 7) is 0. The molecule has 5 heteroatoms. The average molecular weight is 793 g/mol. The van der Waals surface area contributed by atoms with Gasteiger partial charge in [0.05, 0.1) is 16.7 Å². The summed E-state index contributed by atoms with van der Waals surface area (Å²) < 4.78 is 9.10. The molecular formula is C57H36N4O. The third-order valence-corrected chi connectivity index (χ3v) is 11.9. The molecule has 0 saturated carbocycles. The first-order chi connectivity index (χ1) is 30.7. The lowest BCUT2D eigenvalue weighted by molar-refractivity contribution is 0.670. The van der Waals surface area contributed by atoms with Crippen LogP contribution in [0.2, 0.25) is 0 Å². The molecule has 290 valence electrons. The summed E-state index contributed by atoms with van der Waals surface area (Å²) in [6.07, 6.45) is 0. The largest absolute Gasteiger partial charge is 0.455 e. The summed E-state index contributed by atoms with van der Waals surface area (Å²) in [5.74, 6) is 1.80. The van der Waals surface area contributed by atoms with E-state index in [1.54, 1.807) is 0 Å². The Hall–Kier alpha value is -8.41. The lowest BCUT2D eigenvalue weighted by Gasteiger charge is -2.15. The predicted molar refractivity (Wildman–Crippen MR) is 254 cm³/mol. The van der Waals surface area contributed by atoms with Gasteiger partial charge in [-0.05, 0) is 58.1 Å².